The van der Waals surface area contributed by atoms with Crippen molar-refractivity contribution in [1.29, 1.82) is 0 Å². The van der Waals surface area contributed by atoms with Gasteiger partial charge in [0.15, 0.2) is 11.6 Å². The van der Waals surface area contributed by atoms with E-state index in [1.165, 1.54) is 24.8 Å². The Morgan fingerprint density at radius 2 is 1.75 bits per heavy atom. The Labute approximate surface area is 139 Å². The summed E-state index contributed by atoms with van der Waals surface area (Å²) in [7, 11) is 0. The van der Waals surface area contributed by atoms with Crippen LogP contribution in [0.2, 0.25) is 0 Å². The molecule has 0 unspecified atom stereocenters. The van der Waals surface area contributed by atoms with Gasteiger partial charge in [-0.15, -0.1) is 0 Å². The Kier molecular flexibility index (Phi) is 3.98. The second-order valence-electron chi connectivity index (χ2n) is 6.31. The van der Waals surface area contributed by atoms with E-state index >= 15 is 0 Å². The highest BCUT2D eigenvalue weighted by atomic mass is 16.6. The maximum atomic E-state index is 4.75. The van der Waals surface area contributed by atoms with Crippen LogP contribution in [-0.2, 0) is 0 Å². The van der Waals surface area contributed by atoms with Crippen LogP contribution >= 0.6 is 0 Å². The Balaban J connectivity index is 1.67. The van der Waals surface area contributed by atoms with Gasteiger partial charge in [-0.25, -0.2) is 14.6 Å². The van der Waals surface area contributed by atoms with Gasteiger partial charge in [0.25, 0.3) is 0 Å². The number of fused-ring (bicyclic) bond motifs is 1. The molecule has 2 N–H and O–H groups in total. The summed E-state index contributed by atoms with van der Waals surface area (Å²) >= 11 is 0. The fourth-order valence-electron chi connectivity index (χ4n) is 3.13. The molecule has 2 aromatic heterocycles. The smallest absolute Gasteiger partial charge is 0.245 e. The van der Waals surface area contributed by atoms with E-state index in [1.54, 1.807) is 0 Å². The van der Waals surface area contributed by atoms with Crippen LogP contribution in [0, 0.1) is 6.92 Å². The van der Waals surface area contributed by atoms with E-state index in [-0.39, 0.29) is 0 Å². The summed E-state index contributed by atoms with van der Waals surface area (Å²) in [6.45, 7) is 2.06. The number of anilines is 3. The fourth-order valence-corrected chi connectivity index (χ4v) is 3.13. The van der Waals surface area contributed by atoms with Crippen LogP contribution in [0.5, 0.6) is 0 Å². The minimum atomic E-state index is 0.402. The van der Waals surface area contributed by atoms with Gasteiger partial charge < -0.3 is 10.6 Å². The number of benzene rings is 1. The van der Waals surface area contributed by atoms with E-state index in [9.17, 15) is 0 Å². The minimum absolute atomic E-state index is 0.402. The molecule has 4 rings (SSSR count). The zero-order valence-corrected chi connectivity index (χ0v) is 13.6. The third kappa shape index (κ3) is 3.15. The first-order chi connectivity index (χ1) is 11.8. The van der Waals surface area contributed by atoms with Gasteiger partial charge in [-0.05, 0) is 47.8 Å². The van der Waals surface area contributed by atoms with Gasteiger partial charge in [-0.3, -0.25) is 0 Å². The molecule has 0 radical (unpaired) electrons. The average molecular weight is 324 g/mol. The second-order valence-corrected chi connectivity index (χ2v) is 6.31. The largest absolute Gasteiger partial charge is 0.364 e. The van der Waals surface area contributed by atoms with Gasteiger partial charge in [0.2, 0.25) is 11.3 Å². The Hall–Kier alpha value is -2.70. The third-order valence-electron chi connectivity index (χ3n) is 4.34. The molecular formula is C17H20N6O. The molecule has 1 fully saturated rings. The Bertz CT molecular complexity index is 840. The first-order valence-corrected chi connectivity index (χ1v) is 8.38. The molecule has 0 aliphatic heterocycles. The van der Waals surface area contributed by atoms with Gasteiger partial charge in [0.05, 0.1) is 0 Å². The van der Waals surface area contributed by atoms with Crippen molar-refractivity contribution >= 4 is 28.6 Å². The highest BCUT2D eigenvalue weighted by molar-refractivity contribution is 5.76. The predicted molar refractivity (Wildman–Crippen MR) is 92.4 cm³/mol. The topological polar surface area (TPSA) is 88.8 Å². The van der Waals surface area contributed by atoms with Gasteiger partial charge >= 0.3 is 0 Å². The number of hydrogen-bond acceptors (Lipinski definition) is 7. The molecule has 1 saturated carbocycles. The van der Waals surface area contributed by atoms with Crippen LogP contribution in [0.15, 0.2) is 28.9 Å². The number of nitrogens with zero attached hydrogens (tertiary/aromatic N) is 4. The van der Waals surface area contributed by atoms with Crippen LogP contribution < -0.4 is 10.6 Å². The Morgan fingerprint density at radius 1 is 1.00 bits per heavy atom. The van der Waals surface area contributed by atoms with Crippen molar-refractivity contribution in [3.8, 4) is 0 Å². The van der Waals surface area contributed by atoms with Crippen molar-refractivity contribution in [1.82, 2.24) is 20.3 Å². The van der Waals surface area contributed by atoms with Crippen molar-refractivity contribution in [3.05, 3.63) is 29.8 Å². The summed E-state index contributed by atoms with van der Waals surface area (Å²) in [5.41, 5.74) is 2.97. The lowest BCUT2D eigenvalue weighted by atomic mass is 9.95. The molecule has 1 aliphatic rings. The standard InChI is InChI=1S/C17H20N6O/c1-11-6-5-9-13(10-11)19-15-14(18-12-7-3-2-4-8-12)20-16-17(21-15)23-24-22-16/h5-6,9-10,12H,2-4,7-8H2,1H3,(H,18,20,22)(H,19,21,23). The highest BCUT2D eigenvalue weighted by Gasteiger charge is 2.18. The van der Waals surface area contributed by atoms with E-state index in [1.807, 2.05) is 12.1 Å². The molecule has 124 valence electrons. The van der Waals surface area contributed by atoms with E-state index in [0.29, 0.717) is 29.0 Å². The maximum Gasteiger partial charge on any atom is 0.245 e. The number of rotatable bonds is 4. The van der Waals surface area contributed by atoms with Crippen molar-refractivity contribution < 1.29 is 4.63 Å². The van der Waals surface area contributed by atoms with Crippen molar-refractivity contribution in [2.75, 3.05) is 10.6 Å². The van der Waals surface area contributed by atoms with Gasteiger partial charge in [-0.1, -0.05) is 31.4 Å². The quantitative estimate of drug-likeness (QED) is 0.754. The van der Waals surface area contributed by atoms with Crippen molar-refractivity contribution in [2.24, 2.45) is 0 Å². The molecule has 0 bridgehead atoms. The fraction of sp³-hybridized carbons (Fsp3) is 0.412. The molecule has 1 aliphatic carbocycles. The Morgan fingerprint density at radius 3 is 2.50 bits per heavy atom. The molecular weight excluding hydrogens is 304 g/mol. The summed E-state index contributed by atoms with van der Waals surface area (Å²) < 4.78 is 4.75. The number of nitrogens with one attached hydrogen (secondary N) is 2. The predicted octanol–water partition coefficient (Wildman–Crippen LogP) is 3.81. The zero-order chi connectivity index (χ0) is 16.4. The summed E-state index contributed by atoms with van der Waals surface area (Å²) in [6.07, 6.45) is 6.12. The van der Waals surface area contributed by atoms with Gasteiger partial charge in [0, 0.05) is 11.7 Å². The second kappa shape index (κ2) is 6.43. The minimum Gasteiger partial charge on any atom is -0.364 e. The SMILES string of the molecule is Cc1cccc(Nc2nc3nonc3nc2NC2CCCCC2)c1. The van der Waals surface area contributed by atoms with Crippen molar-refractivity contribution in [3.63, 3.8) is 0 Å². The maximum absolute atomic E-state index is 4.75. The highest BCUT2D eigenvalue weighted by Crippen LogP contribution is 2.27. The lowest BCUT2D eigenvalue weighted by molar-refractivity contribution is 0.314. The van der Waals surface area contributed by atoms with Crippen LogP contribution in [0.1, 0.15) is 37.7 Å². The van der Waals surface area contributed by atoms with Gasteiger partial charge in [0.1, 0.15) is 0 Å². The number of hydrogen-bond donors (Lipinski definition) is 2. The van der Waals surface area contributed by atoms with E-state index in [0.717, 1.165) is 18.5 Å². The summed E-state index contributed by atoms with van der Waals surface area (Å²) in [4.78, 5) is 9.07. The number of aromatic nitrogens is 4. The normalized spacial score (nSPS) is 15.5. The molecule has 0 saturated heterocycles. The van der Waals surface area contributed by atoms with Gasteiger partial charge in [-0.2, -0.15) is 0 Å². The molecule has 7 nitrogen and oxygen atoms in total. The van der Waals surface area contributed by atoms with E-state index < -0.39 is 0 Å². The molecule has 2 heterocycles. The van der Waals surface area contributed by atoms with Crippen LogP contribution in [0.4, 0.5) is 17.3 Å². The molecule has 1 aromatic carbocycles. The van der Waals surface area contributed by atoms with E-state index in [2.05, 4.69) is 50.0 Å². The molecule has 3 aromatic rings. The number of aryl methyl sites for hydroxylation is 1. The molecule has 24 heavy (non-hydrogen) atoms. The lowest BCUT2D eigenvalue weighted by Gasteiger charge is -2.24. The summed E-state index contributed by atoms with van der Waals surface area (Å²) in [5, 5.41) is 14.5. The molecule has 7 heteroatoms. The first-order valence-electron chi connectivity index (χ1n) is 8.38. The average Bonchev–Trinajstić information content (AvgIpc) is 3.03. The molecule has 0 spiro atoms. The van der Waals surface area contributed by atoms with Crippen LogP contribution in [0.25, 0.3) is 11.3 Å². The van der Waals surface area contributed by atoms with E-state index in [4.69, 9.17) is 4.63 Å². The van der Waals surface area contributed by atoms with Crippen LogP contribution in [0.3, 0.4) is 0 Å². The third-order valence-corrected chi connectivity index (χ3v) is 4.34. The first kappa shape index (κ1) is 14.9. The monoisotopic (exact) mass is 324 g/mol. The summed E-state index contributed by atoms with van der Waals surface area (Å²) in [5.74, 6) is 1.35. The van der Waals surface area contributed by atoms with Crippen LogP contribution in [-0.4, -0.2) is 26.3 Å². The molecule has 0 atom stereocenters. The molecule has 0 amide bonds. The summed E-state index contributed by atoms with van der Waals surface area (Å²) in [6, 6.07) is 8.56. The zero-order valence-electron chi connectivity index (χ0n) is 13.6. The lowest BCUT2D eigenvalue weighted by Crippen LogP contribution is -2.23. The van der Waals surface area contributed by atoms with Crippen molar-refractivity contribution in [2.45, 2.75) is 45.1 Å².